The molecule has 1 saturated heterocycles. The van der Waals surface area contributed by atoms with Crippen LogP contribution in [0.15, 0.2) is 34.4 Å². The standard InChI is InChI=1S/C9H7N3O5.C5H4N2O3/c13-6-3-5(10-4-11-6)9(16)17-12-7(14)1-2-8(12)15;8-4-1-3(5(9)10)6-2-7-4/h3-4H,1-2H2,(H,10,11,13);1-2H,(H,9,10)(H,6,7,8). The number of carboxylic acid groups (broad SMARTS) is 1. The van der Waals surface area contributed by atoms with Crippen molar-refractivity contribution < 1.29 is 29.1 Å². The van der Waals surface area contributed by atoms with E-state index in [1.54, 1.807) is 0 Å². The quantitative estimate of drug-likeness (QED) is 0.528. The predicted octanol–water partition coefficient (Wildman–Crippen LogP) is -1.54. The number of hydroxylamine groups is 2. The number of imide groups is 1. The van der Waals surface area contributed by atoms with Crippen molar-refractivity contribution in [2.75, 3.05) is 0 Å². The molecule has 1 aliphatic rings. The van der Waals surface area contributed by atoms with Crippen LogP contribution >= 0.6 is 0 Å². The molecule has 2 amide bonds. The lowest BCUT2D eigenvalue weighted by atomic mass is 10.4. The number of aromatic amines is 2. The lowest BCUT2D eigenvalue weighted by molar-refractivity contribution is -0.172. The minimum absolute atomic E-state index is 0.00884. The fourth-order valence-electron chi connectivity index (χ4n) is 1.75. The van der Waals surface area contributed by atoms with E-state index in [2.05, 4.69) is 24.8 Å². The molecular formula is C14H11N5O8. The maximum Gasteiger partial charge on any atom is 0.382 e. The van der Waals surface area contributed by atoms with Crippen molar-refractivity contribution in [2.45, 2.75) is 12.8 Å². The highest BCUT2D eigenvalue weighted by molar-refractivity contribution is 6.02. The summed E-state index contributed by atoms with van der Waals surface area (Å²) in [5.41, 5.74) is -1.52. The summed E-state index contributed by atoms with van der Waals surface area (Å²) >= 11 is 0. The van der Waals surface area contributed by atoms with Gasteiger partial charge in [0.05, 0.1) is 12.7 Å². The number of hydrogen-bond donors (Lipinski definition) is 3. The molecule has 0 aromatic carbocycles. The molecule has 0 atom stereocenters. The number of carboxylic acids is 1. The molecule has 1 aliphatic heterocycles. The Labute approximate surface area is 148 Å². The summed E-state index contributed by atoms with van der Waals surface area (Å²) in [6.07, 6.45) is 2.09. The van der Waals surface area contributed by atoms with Crippen LogP contribution in [-0.4, -0.2) is 53.9 Å². The Morgan fingerprint density at radius 2 is 1.41 bits per heavy atom. The highest BCUT2D eigenvalue weighted by Crippen LogP contribution is 2.13. The summed E-state index contributed by atoms with van der Waals surface area (Å²) in [5, 5.41) is 8.69. The number of nitrogens with one attached hydrogen (secondary N) is 2. The SMILES string of the molecule is O=C(O)c1cc(=O)[nH]cn1.O=C(ON1C(=O)CCC1=O)c1cc(=O)[nH]cn1. The van der Waals surface area contributed by atoms with Crippen molar-refractivity contribution in [2.24, 2.45) is 0 Å². The first kappa shape index (κ1) is 19.2. The number of aromatic carboxylic acids is 1. The first-order valence-corrected chi connectivity index (χ1v) is 7.19. The van der Waals surface area contributed by atoms with Crippen LogP contribution in [0.5, 0.6) is 0 Å². The zero-order valence-corrected chi connectivity index (χ0v) is 13.4. The summed E-state index contributed by atoms with van der Waals surface area (Å²) in [6.45, 7) is 0. The van der Waals surface area contributed by atoms with E-state index in [9.17, 15) is 28.8 Å². The zero-order valence-electron chi connectivity index (χ0n) is 13.4. The van der Waals surface area contributed by atoms with Gasteiger partial charge < -0.3 is 19.9 Å². The van der Waals surface area contributed by atoms with E-state index in [1.807, 2.05) is 0 Å². The number of carbonyl (C=O) groups excluding carboxylic acids is 3. The van der Waals surface area contributed by atoms with E-state index in [4.69, 9.17) is 5.11 Å². The Kier molecular flexibility index (Phi) is 5.88. The second-order valence-electron chi connectivity index (χ2n) is 4.86. The van der Waals surface area contributed by atoms with Crippen molar-refractivity contribution in [3.05, 3.63) is 56.9 Å². The molecule has 0 unspecified atom stereocenters. The van der Waals surface area contributed by atoms with E-state index in [0.717, 1.165) is 24.8 Å². The smallest absolute Gasteiger partial charge is 0.382 e. The second kappa shape index (κ2) is 8.28. The molecule has 13 nitrogen and oxygen atoms in total. The van der Waals surface area contributed by atoms with Crippen molar-refractivity contribution in [1.29, 1.82) is 0 Å². The number of nitrogens with zero attached hydrogens (tertiary/aromatic N) is 3. The molecule has 13 heteroatoms. The molecule has 0 aliphatic carbocycles. The van der Waals surface area contributed by atoms with Gasteiger partial charge in [-0.3, -0.25) is 19.2 Å². The molecule has 3 heterocycles. The van der Waals surface area contributed by atoms with Gasteiger partial charge in [0.1, 0.15) is 0 Å². The maximum absolute atomic E-state index is 11.5. The molecular weight excluding hydrogens is 366 g/mol. The Balaban J connectivity index is 0.000000223. The molecule has 1 fully saturated rings. The summed E-state index contributed by atoms with van der Waals surface area (Å²) in [6, 6.07) is 1.83. The van der Waals surface area contributed by atoms with Crippen LogP contribution in [0.4, 0.5) is 0 Å². The summed E-state index contributed by atoms with van der Waals surface area (Å²) in [5.74, 6) is -3.41. The van der Waals surface area contributed by atoms with Gasteiger partial charge in [-0.05, 0) is 0 Å². The molecule has 0 spiro atoms. The highest BCUT2D eigenvalue weighted by atomic mass is 16.7. The van der Waals surface area contributed by atoms with Gasteiger partial charge in [-0.15, -0.1) is 5.06 Å². The average molecular weight is 377 g/mol. The molecule has 2 aromatic rings. The molecule has 0 bridgehead atoms. The van der Waals surface area contributed by atoms with Crippen molar-refractivity contribution in [1.82, 2.24) is 25.0 Å². The average Bonchev–Trinajstić information content (AvgIpc) is 2.94. The minimum Gasteiger partial charge on any atom is -0.477 e. The first-order chi connectivity index (χ1) is 12.8. The van der Waals surface area contributed by atoms with Crippen LogP contribution in [-0.2, 0) is 14.4 Å². The van der Waals surface area contributed by atoms with Gasteiger partial charge in [0, 0.05) is 25.0 Å². The van der Waals surface area contributed by atoms with Crippen LogP contribution in [0.25, 0.3) is 0 Å². The lowest BCUT2D eigenvalue weighted by Crippen LogP contribution is -2.32. The number of aromatic nitrogens is 4. The summed E-state index contributed by atoms with van der Waals surface area (Å²) < 4.78 is 0. The third kappa shape index (κ3) is 5.15. The molecule has 27 heavy (non-hydrogen) atoms. The van der Waals surface area contributed by atoms with Crippen LogP contribution in [0.2, 0.25) is 0 Å². The van der Waals surface area contributed by atoms with Gasteiger partial charge in [-0.2, -0.15) is 0 Å². The third-order valence-corrected chi connectivity index (χ3v) is 2.96. The van der Waals surface area contributed by atoms with Crippen LogP contribution in [0, 0.1) is 0 Å². The van der Waals surface area contributed by atoms with E-state index >= 15 is 0 Å². The summed E-state index contributed by atoms with van der Waals surface area (Å²) in [4.78, 5) is 81.2. The maximum atomic E-state index is 11.5. The topological polar surface area (TPSA) is 192 Å². The fraction of sp³-hybridized carbons (Fsp3) is 0.143. The first-order valence-electron chi connectivity index (χ1n) is 7.19. The van der Waals surface area contributed by atoms with E-state index in [1.165, 1.54) is 0 Å². The van der Waals surface area contributed by atoms with Crippen LogP contribution < -0.4 is 11.1 Å². The fourth-order valence-corrected chi connectivity index (χ4v) is 1.75. The van der Waals surface area contributed by atoms with Crippen LogP contribution in [0.1, 0.15) is 33.8 Å². The number of rotatable bonds is 3. The zero-order chi connectivity index (χ0) is 20.0. The Morgan fingerprint density at radius 3 is 1.85 bits per heavy atom. The molecule has 0 radical (unpaired) electrons. The van der Waals surface area contributed by atoms with Gasteiger partial charge >= 0.3 is 11.9 Å². The molecule has 3 rings (SSSR count). The van der Waals surface area contributed by atoms with Crippen molar-refractivity contribution in [3.63, 3.8) is 0 Å². The monoisotopic (exact) mass is 377 g/mol. The molecule has 0 saturated carbocycles. The van der Waals surface area contributed by atoms with Crippen molar-refractivity contribution in [3.8, 4) is 0 Å². The Morgan fingerprint density at radius 1 is 0.926 bits per heavy atom. The molecule has 3 N–H and O–H groups in total. The Bertz CT molecular complexity index is 995. The van der Waals surface area contributed by atoms with E-state index < -0.39 is 34.9 Å². The van der Waals surface area contributed by atoms with Gasteiger partial charge in [0.25, 0.3) is 22.9 Å². The van der Waals surface area contributed by atoms with Gasteiger partial charge in [0.2, 0.25) is 0 Å². The highest BCUT2D eigenvalue weighted by Gasteiger charge is 2.33. The number of hydrogen-bond acceptors (Lipinski definition) is 9. The van der Waals surface area contributed by atoms with E-state index in [-0.39, 0.29) is 24.2 Å². The lowest BCUT2D eigenvalue weighted by Gasteiger charge is -2.11. The number of carbonyl (C=O) groups is 4. The predicted molar refractivity (Wildman–Crippen MR) is 83.2 cm³/mol. The van der Waals surface area contributed by atoms with Gasteiger partial charge in [-0.25, -0.2) is 19.6 Å². The third-order valence-electron chi connectivity index (χ3n) is 2.96. The largest absolute Gasteiger partial charge is 0.477 e. The van der Waals surface area contributed by atoms with Gasteiger partial charge in [-0.1, -0.05) is 0 Å². The normalized spacial score (nSPS) is 13.0. The van der Waals surface area contributed by atoms with Crippen LogP contribution in [0.3, 0.4) is 0 Å². The second-order valence-corrected chi connectivity index (χ2v) is 4.86. The molecule has 140 valence electrons. The van der Waals surface area contributed by atoms with Crippen molar-refractivity contribution >= 4 is 23.8 Å². The Hall–Kier alpha value is -4.16. The number of amides is 2. The number of H-pyrrole nitrogens is 2. The summed E-state index contributed by atoms with van der Waals surface area (Å²) in [7, 11) is 0. The minimum atomic E-state index is -1.20. The van der Waals surface area contributed by atoms with Gasteiger partial charge in [0.15, 0.2) is 11.4 Å². The molecule has 2 aromatic heterocycles. The van der Waals surface area contributed by atoms with E-state index in [0.29, 0.717) is 5.06 Å².